The number of hydrogen-bond donors (Lipinski definition) is 0. The third-order valence-corrected chi connectivity index (χ3v) is 1.11. The molecule has 0 aromatic rings. The van der Waals surface area contributed by atoms with Crippen LogP contribution in [0.1, 0.15) is 20.3 Å². The van der Waals surface area contributed by atoms with Gasteiger partial charge in [0.25, 0.3) is 0 Å². The van der Waals surface area contributed by atoms with Crippen molar-refractivity contribution in [2.75, 3.05) is 6.61 Å². The Morgan fingerprint density at radius 2 is 2.38 bits per heavy atom. The summed E-state index contributed by atoms with van der Waals surface area (Å²) in [5.41, 5.74) is 0. The van der Waals surface area contributed by atoms with Gasteiger partial charge in [0.05, 0.1) is 0 Å². The molecule has 0 N–H and O–H groups in total. The highest BCUT2D eigenvalue weighted by atomic mass is 16.7. The molecule has 0 spiro atoms. The van der Waals surface area contributed by atoms with Crippen LogP contribution in [0.25, 0.3) is 0 Å². The topological polar surface area (TPSA) is 38.7 Å². The first-order valence-corrected chi connectivity index (χ1v) is 2.75. The summed E-state index contributed by atoms with van der Waals surface area (Å²) in [4.78, 5) is 13.6. The van der Waals surface area contributed by atoms with Gasteiger partial charge in [-0.05, 0) is 5.92 Å². The zero-order valence-corrected chi connectivity index (χ0v) is 5.26. The predicted molar refractivity (Wildman–Crippen MR) is 31.2 cm³/mol. The van der Waals surface area contributed by atoms with E-state index in [4.69, 9.17) is 0 Å². The van der Waals surface area contributed by atoms with Gasteiger partial charge in [0.2, 0.25) is 0 Å². The summed E-state index contributed by atoms with van der Waals surface area (Å²) >= 11 is 0. The molecule has 0 aliphatic rings. The summed E-state index contributed by atoms with van der Waals surface area (Å²) in [6.07, 6.45) is 1.02. The minimum atomic E-state index is 0.438. The Morgan fingerprint density at radius 3 is 2.75 bits per heavy atom. The Balaban J connectivity index is 2.97. The molecule has 0 rings (SSSR count). The zero-order chi connectivity index (χ0) is 6.41. The molecule has 0 unspecified atom stereocenters. The fraction of sp³-hybridized carbons (Fsp3) is 1.00. The molecule has 1 atom stereocenters. The maximum absolute atomic E-state index is 9.35. The molecule has 3 nitrogen and oxygen atoms in total. The molecule has 0 radical (unpaired) electrons. The van der Waals surface area contributed by atoms with Gasteiger partial charge in [-0.3, -0.25) is 0 Å². The molecule has 48 valence electrons. The largest absolute Gasteiger partial charge is 0.364 e. The molecule has 0 aromatic heterocycles. The summed E-state index contributed by atoms with van der Waals surface area (Å²) in [5, 5.41) is 2.27. The third-order valence-electron chi connectivity index (χ3n) is 1.11. The van der Waals surface area contributed by atoms with E-state index in [1.54, 1.807) is 0 Å². The van der Waals surface area contributed by atoms with Gasteiger partial charge in [0.15, 0.2) is 5.34 Å². The van der Waals surface area contributed by atoms with Crippen LogP contribution in [0.3, 0.4) is 0 Å². The van der Waals surface area contributed by atoms with Crippen molar-refractivity contribution >= 4 is 0 Å². The van der Waals surface area contributed by atoms with Gasteiger partial charge in [0, 0.05) is 0 Å². The van der Waals surface area contributed by atoms with Crippen molar-refractivity contribution in [2.45, 2.75) is 20.3 Å². The zero-order valence-electron chi connectivity index (χ0n) is 5.26. The molecule has 0 aromatic carbocycles. The molecule has 0 saturated carbocycles. The Labute approximate surface area is 49.0 Å². The average Bonchev–Trinajstić information content (AvgIpc) is 1.83. The quantitative estimate of drug-likeness (QED) is 0.415. The second kappa shape index (κ2) is 4.56. The fourth-order valence-corrected chi connectivity index (χ4v) is 0.276. The summed E-state index contributed by atoms with van der Waals surface area (Å²) in [7, 11) is 0. The highest BCUT2D eigenvalue weighted by Crippen LogP contribution is 1.99. The molecule has 0 fully saturated rings. The predicted octanol–water partition coefficient (Wildman–Crippen LogP) is 1.73. The first-order chi connectivity index (χ1) is 3.81. The molecule has 0 saturated heterocycles. The minimum Gasteiger partial charge on any atom is -0.364 e. The molecule has 8 heavy (non-hydrogen) atoms. The SMILES string of the molecule is CC[C@H](C)CON=O. The van der Waals surface area contributed by atoms with E-state index >= 15 is 0 Å². The van der Waals surface area contributed by atoms with Crippen LogP contribution in [-0.4, -0.2) is 6.61 Å². The van der Waals surface area contributed by atoms with Crippen LogP contribution >= 0.6 is 0 Å². The Bertz CT molecular complexity index is 65.4. The van der Waals surface area contributed by atoms with Gasteiger partial charge < -0.3 is 4.84 Å². The first-order valence-electron chi connectivity index (χ1n) is 2.75. The van der Waals surface area contributed by atoms with E-state index < -0.39 is 0 Å². The van der Waals surface area contributed by atoms with E-state index in [0.29, 0.717) is 12.5 Å². The van der Waals surface area contributed by atoms with Gasteiger partial charge >= 0.3 is 0 Å². The van der Waals surface area contributed by atoms with Gasteiger partial charge in [-0.15, -0.1) is 4.91 Å². The summed E-state index contributed by atoms with van der Waals surface area (Å²) < 4.78 is 0. The van der Waals surface area contributed by atoms with Gasteiger partial charge in [-0.25, -0.2) is 0 Å². The van der Waals surface area contributed by atoms with Crippen LogP contribution < -0.4 is 0 Å². The molecule has 0 aliphatic carbocycles. The van der Waals surface area contributed by atoms with Crippen LogP contribution in [0.15, 0.2) is 5.34 Å². The highest BCUT2D eigenvalue weighted by Gasteiger charge is 1.96. The maximum Gasteiger partial charge on any atom is 0.155 e. The summed E-state index contributed by atoms with van der Waals surface area (Å²) in [6.45, 7) is 4.49. The van der Waals surface area contributed by atoms with Crippen LogP contribution in [0.4, 0.5) is 0 Å². The Morgan fingerprint density at radius 1 is 1.75 bits per heavy atom. The highest BCUT2D eigenvalue weighted by molar-refractivity contribution is 4.43. The van der Waals surface area contributed by atoms with E-state index in [0.717, 1.165) is 6.42 Å². The average molecular weight is 117 g/mol. The molecule has 3 heteroatoms. The van der Waals surface area contributed by atoms with Crippen molar-refractivity contribution < 1.29 is 4.84 Å². The van der Waals surface area contributed by atoms with Crippen molar-refractivity contribution in [2.24, 2.45) is 11.3 Å². The van der Waals surface area contributed by atoms with Crippen LogP contribution in [-0.2, 0) is 4.84 Å². The second-order valence-corrected chi connectivity index (χ2v) is 1.88. The van der Waals surface area contributed by atoms with E-state index in [1.165, 1.54) is 0 Å². The number of rotatable bonds is 4. The second-order valence-electron chi connectivity index (χ2n) is 1.88. The molecule has 0 aliphatic heterocycles. The van der Waals surface area contributed by atoms with Crippen LogP contribution in [0.5, 0.6) is 0 Å². The van der Waals surface area contributed by atoms with E-state index in [1.807, 2.05) is 13.8 Å². The smallest absolute Gasteiger partial charge is 0.155 e. The lowest BCUT2D eigenvalue weighted by atomic mass is 10.1. The van der Waals surface area contributed by atoms with Crippen LogP contribution in [0, 0.1) is 10.8 Å². The van der Waals surface area contributed by atoms with E-state index in [-0.39, 0.29) is 0 Å². The van der Waals surface area contributed by atoms with Gasteiger partial charge in [-0.2, -0.15) is 0 Å². The standard InChI is InChI=1S/C5H11NO2/c1-3-5(2)4-8-6-7/h5H,3-4H2,1-2H3/t5-/m0/s1. The van der Waals surface area contributed by atoms with Gasteiger partial charge in [0.1, 0.15) is 6.61 Å². The van der Waals surface area contributed by atoms with Crippen LogP contribution in [0.2, 0.25) is 0 Å². The Kier molecular flexibility index (Phi) is 4.21. The summed E-state index contributed by atoms with van der Waals surface area (Å²) in [6, 6.07) is 0. The lowest BCUT2D eigenvalue weighted by Gasteiger charge is -2.01. The fourth-order valence-electron chi connectivity index (χ4n) is 0.276. The number of nitrogens with zero attached hydrogens (tertiary/aromatic N) is 1. The van der Waals surface area contributed by atoms with Crippen molar-refractivity contribution in [3.63, 3.8) is 0 Å². The molecule has 0 bridgehead atoms. The monoisotopic (exact) mass is 117 g/mol. The van der Waals surface area contributed by atoms with Crippen molar-refractivity contribution in [1.29, 1.82) is 0 Å². The van der Waals surface area contributed by atoms with Crippen molar-refractivity contribution in [3.05, 3.63) is 4.91 Å². The molecular weight excluding hydrogens is 106 g/mol. The van der Waals surface area contributed by atoms with E-state index in [9.17, 15) is 4.91 Å². The first kappa shape index (κ1) is 7.40. The molecular formula is C5H11NO2. The normalized spacial score (nSPS) is 12.8. The van der Waals surface area contributed by atoms with E-state index in [2.05, 4.69) is 10.2 Å². The van der Waals surface area contributed by atoms with Gasteiger partial charge in [-0.1, -0.05) is 20.3 Å². The summed E-state index contributed by atoms with van der Waals surface area (Å²) in [5.74, 6) is 0.438. The number of hydrogen-bond acceptors (Lipinski definition) is 3. The lowest BCUT2D eigenvalue weighted by Crippen LogP contribution is -1.99. The molecule has 0 heterocycles. The Hall–Kier alpha value is -0.600. The van der Waals surface area contributed by atoms with Crippen molar-refractivity contribution in [3.8, 4) is 0 Å². The van der Waals surface area contributed by atoms with Crippen molar-refractivity contribution in [1.82, 2.24) is 0 Å². The third kappa shape index (κ3) is 3.59. The lowest BCUT2D eigenvalue weighted by molar-refractivity contribution is 0.107. The minimum absolute atomic E-state index is 0.438. The molecule has 0 amide bonds. The maximum atomic E-state index is 9.35.